The Morgan fingerprint density at radius 2 is 2.22 bits per heavy atom. The monoisotopic (exact) mass is 262 g/mol. The topological polar surface area (TPSA) is 61.6 Å². The van der Waals surface area contributed by atoms with Crippen LogP contribution in [0.1, 0.15) is 11.1 Å². The van der Waals surface area contributed by atoms with Crippen molar-refractivity contribution < 1.29 is 4.39 Å². The second kappa shape index (κ2) is 5.43. The molecule has 0 fully saturated rings. The molecule has 0 saturated heterocycles. The van der Waals surface area contributed by atoms with Gasteiger partial charge in [-0.2, -0.15) is 10.4 Å². The van der Waals surface area contributed by atoms with Gasteiger partial charge in [-0.1, -0.05) is 17.7 Å². The Bertz CT molecular complexity index is 609. The maximum absolute atomic E-state index is 13.0. The van der Waals surface area contributed by atoms with Crippen molar-refractivity contribution in [3.63, 3.8) is 0 Å². The van der Waals surface area contributed by atoms with Crippen LogP contribution in [0.4, 0.5) is 10.2 Å². The minimum Gasteiger partial charge on any atom is -0.363 e. The fourth-order valence-electron chi connectivity index (χ4n) is 1.39. The number of benzene rings is 1. The molecule has 0 radical (unpaired) electrons. The molecular weight excluding hydrogens is 255 g/mol. The summed E-state index contributed by atoms with van der Waals surface area (Å²) in [6.07, 6.45) is 1.44. The molecule has 0 saturated carbocycles. The molecule has 0 aliphatic rings. The van der Waals surface area contributed by atoms with E-state index in [2.05, 4.69) is 15.5 Å². The summed E-state index contributed by atoms with van der Waals surface area (Å²) >= 11 is 5.67. The second-order valence-electron chi connectivity index (χ2n) is 3.51. The number of hydrogen-bond acceptors (Lipinski definition) is 4. The van der Waals surface area contributed by atoms with E-state index >= 15 is 0 Å². The lowest BCUT2D eigenvalue weighted by Crippen LogP contribution is -2.04. The van der Waals surface area contributed by atoms with Gasteiger partial charge in [-0.25, -0.2) is 4.39 Å². The quantitative estimate of drug-likeness (QED) is 0.924. The molecule has 1 aromatic carbocycles. The van der Waals surface area contributed by atoms with Crippen molar-refractivity contribution in [3.05, 3.63) is 52.4 Å². The van der Waals surface area contributed by atoms with Crippen molar-refractivity contribution in [3.8, 4) is 6.07 Å². The van der Waals surface area contributed by atoms with Crippen LogP contribution in [0.5, 0.6) is 0 Å². The van der Waals surface area contributed by atoms with Gasteiger partial charge in [-0.15, -0.1) is 5.10 Å². The van der Waals surface area contributed by atoms with E-state index in [1.54, 1.807) is 12.1 Å². The molecule has 0 aliphatic heterocycles. The smallest absolute Gasteiger partial charge is 0.166 e. The lowest BCUT2D eigenvalue weighted by molar-refractivity contribution is 0.627. The molecule has 0 aliphatic carbocycles. The zero-order chi connectivity index (χ0) is 13.0. The zero-order valence-electron chi connectivity index (χ0n) is 9.19. The van der Waals surface area contributed by atoms with E-state index in [1.165, 1.54) is 18.3 Å². The molecular formula is C12H8ClFN4. The van der Waals surface area contributed by atoms with Crippen molar-refractivity contribution in [2.24, 2.45) is 0 Å². The summed E-state index contributed by atoms with van der Waals surface area (Å²) < 4.78 is 13.0. The number of nitrogens with one attached hydrogen (secondary N) is 1. The van der Waals surface area contributed by atoms with Gasteiger partial charge in [0, 0.05) is 6.54 Å². The predicted molar refractivity (Wildman–Crippen MR) is 65.5 cm³/mol. The molecule has 6 heteroatoms. The van der Waals surface area contributed by atoms with E-state index in [4.69, 9.17) is 16.9 Å². The van der Waals surface area contributed by atoms with Gasteiger partial charge in [0.05, 0.1) is 16.8 Å². The van der Waals surface area contributed by atoms with E-state index < -0.39 is 5.82 Å². The third-order valence-corrected chi connectivity index (χ3v) is 2.57. The minimum atomic E-state index is -0.461. The van der Waals surface area contributed by atoms with Gasteiger partial charge < -0.3 is 5.32 Å². The third-order valence-electron chi connectivity index (χ3n) is 2.29. The van der Waals surface area contributed by atoms with Crippen LogP contribution in [0.2, 0.25) is 5.02 Å². The van der Waals surface area contributed by atoms with Crippen LogP contribution in [0.15, 0.2) is 30.5 Å². The first-order valence-electron chi connectivity index (χ1n) is 5.10. The van der Waals surface area contributed by atoms with Crippen molar-refractivity contribution in [1.82, 2.24) is 10.2 Å². The van der Waals surface area contributed by atoms with Crippen LogP contribution >= 0.6 is 11.6 Å². The summed E-state index contributed by atoms with van der Waals surface area (Å²) in [5.41, 5.74) is 1.19. The van der Waals surface area contributed by atoms with Gasteiger partial charge in [-0.3, -0.25) is 0 Å². The Balaban J connectivity index is 2.12. The predicted octanol–water partition coefficient (Wildman–Crippen LogP) is 2.75. The number of rotatable bonds is 3. The van der Waals surface area contributed by atoms with Crippen LogP contribution in [-0.2, 0) is 6.54 Å². The molecule has 18 heavy (non-hydrogen) atoms. The zero-order valence-corrected chi connectivity index (χ0v) is 9.95. The third kappa shape index (κ3) is 2.73. The van der Waals surface area contributed by atoms with Crippen LogP contribution in [0.25, 0.3) is 0 Å². The Hall–Kier alpha value is -2.19. The highest BCUT2D eigenvalue weighted by Crippen LogP contribution is 2.17. The van der Waals surface area contributed by atoms with Gasteiger partial charge in [0.15, 0.2) is 5.82 Å². The molecule has 90 valence electrons. The molecule has 2 aromatic rings. The van der Waals surface area contributed by atoms with Gasteiger partial charge in [-0.05, 0) is 23.8 Å². The highest BCUT2D eigenvalue weighted by Gasteiger charge is 2.04. The molecule has 0 atom stereocenters. The first kappa shape index (κ1) is 12.3. The van der Waals surface area contributed by atoms with Crippen LogP contribution in [-0.4, -0.2) is 10.2 Å². The molecule has 0 unspecified atom stereocenters. The maximum Gasteiger partial charge on any atom is 0.166 e. The van der Waals surface area contributed by atoms with Gasteiger partial charge in [0.1, 0.15) is 11.9 Å². The van der Waals surface area contributed by atoms with Crippen molar-refractivity contribution >= 4 is 17.4 Å². The summed E-state index contributed by atoms with van der Waals surface area (Å²) in [7, 11) is 0. The molecule has 0 spiro atoms. The number of nitriles is 1. The minimum absolute atomic E-state index is 0.0638. The average molecular weight is 263 g/mol. The molecule has 1 aromatic heterocycles. The van der Waals surface area contributed by atoms with Crippen molar-refractivity contribution in [2.45, 2.75) is 6.54 Å². The number of halogens is 2. The number of anilines is 1. The highest BCUT2D eigenvalue weighted by atomic mass is 35.5. The van der Waals surface area contributed by atoms with Crippen molar-refractivity contribution in [1.29, 1.82) is 5.26 Å². The Morgan fingerprint density at radius 3 is 2.94 bits per heavy atom. The number of aromatic nitrogens is 2. The molecule has 0 amide bonds. The molecule has 2 rings (SSSR count). The van der Waals surface area contributed by atoms with E-state index in [-0.39, 0.29) is 5.02 Å². The van der Waals surface area contributed by atoms with Gasteiger partial charge in [0.2, 0.25) is 0 Å². The second-order valence-corrected chi connectivity index (χ2v) is 3.91. The summed E-state index contributed by atoms with van der Waals surface area (Å²) in [6, 6.07) is 7.98. The van der Waals surface area contributed by atoms with E-state index in [9.17, 15) is 4.39 Å². The lowest BCUT2D eigenvalue weighted by Gasteiger charge is -2.06. The SMILES string of the molecule is N#Cc1ccnnc1NCc1ccc(F)c(Cl)c1. The first-order chi connectivity index (χ1) is 8.70. The maximum atomic E-state index is 13.0. The molecule has 0 bridgehead atoms. The standard InChI is InChI=1S/C12H8ClFN4/c13-10-5-8(1-2-11(10)14)7-16-12-9(6-15)3-4-17-18-12/h1-5H,7H2,(H,16,18). The van der Waals surface area contributed by atoms with Crippen LogP contribution in [0, 0.1) is 17.1 Å². The van der Waals surface area contributed by atoms with E-state index in [0.717, 1.165) is 5.56 Å². The summed E-state index contributed by atoms with van der Waals surface area (Å²) in [5.74, 6) is -0.0712. The summed E-state index contributed by atoms with van der Waals surface area (Å²) in [6.45, 7) is 0.382. The Morgan fingerprint density at radius 1 is 1.39 bits per heavy atom. The van der Waals surface area contributed by atoms with Crippen LogP contribution in [0.3, 0.4) is 0 Å². The van der Waals surface area contributed by atoms with E-state index in [1.807, 2.05) is 6.07 Å². The average Bonchev–Trinajstić information content (AvgIpc) is 2.40. The molecule has 4 nitrogen and oxygen atoms in total. The van der Waals surface area contributed by atoms with E-state index in [0.29, 0.717) is 17.9 Å². The fourth-order valence-corrected chi connectivity index (χ4v) is 1.59. The normalized spacial score (nSPS) is 9.83. The number of nitrogens with zero attached hydrogens (tertiary/aromatic N) is 3. The number of hydrogen-bond donors (Lipinski definition) is 1. The summed E-state index contributed by atoms with van der Waals surface area (Å²) in [4.78, 5) is 0. The van der Waals surface area contributed by atoms with Gasteiger partial charge in [0.25, 0.3) is 0 Å². The fraction of sp³-hybridized carbons (Fsp3) is 0.0833. The summed E-state index contributed by atoms with van der Waals surface area (Å²) in [5, 5.41) is 19.4. The Labute approximate surface area is 108 Å². The lowest BCUT2D eigenvalue weighted by atomic mass is 10.2. The largest absolute Gasteiger partial charge is 0.363 e. The van der Waals surface area contributed by atoms with Crippen molar-refractivity contribution in [2.75, 3.05) is 5.32 Å². The molecule has 1 N–H and O–H groups in total. The first-order valence-corrected chi connectivity index (χ1v) is 5.48. The highest BCUT2D eigenvalue weighted by molar-refractivity contribution is 6.30. The Kier molecular flexibility index (Phi) is 3.70. The van der Waals surface area contributed by atoms with Gasteiger partial charge >= 0.3 is 0 Å². The van der Waals surface area contributed by atoms with Crippen LogP contribution < -0.4 is 5.32 Å². The molecule has 1 heterocycles.